The average Bonchev–Trinajstić information content (AvgIpc) is 3.35. The van der Waals surface area contributed by atoms with Gasteiger partial charge in [0.1, 0.15) is 17.0 Å². The van der Waals surface area contributed by atoms with Crippen molar-refractivity contribution >= 4 is 34.2 Å². The number of pyridine rings is 1. The third kappa shape index (κ3) is 5.01. The number of nitrogens with one attached hydrogen (secondary N) is 2. The maximum Gasteiger partial charge on any atom is 0.227 e. The zero-order valence-corrected chi connectivity index (χ0v) is 19.3. The Kier molecular flexibility index (Phi) is 6.60. The van der Waals surface area contributed by atoms with E-state index in [1.165, 1.54) is 0 Å². The van der Waals surface area contributed by atoms with Crippen LogP contribution in [0.25, 0.3) is 22.1 Å². The van der Waals surface area contributed by atoms with Crippen LogP contribution in [0.2, 0.25) is 0 Å². The second kappa shape index (κ2) is 9.40. The highest BCUT2D eigenvalue weighted by molar-refractivity contribution is 6.01. The van der Waals surface area contributed by atoms with Crippen molar-refractivity contribution in [3.63, 3.8) is 0 Å². The molecule has 3 heterocycles. The lowest BCUT2D eigenvalue weighted by Crippen LogP contribution is -2.32. The third-order valence-corrected chi connectivity index (χ3v) is 6.49. The minimum Gasteiger partial charge on any atom is -0.390 e. The highest BCUT2D eigenvalue weighted by Gasteiger charge is 2.27. The Balaban J connectivity index is 1.60. The predicted molar refractivity (Wildman–Crippen MR) is 127 cm³/mol. The van der Waals surface area contributed by atoms with Gasteiger partial charge in [0.25, 0.3) is 0 Å². The van der Waals surface area contributed by atoms with Crippen molar-refractivity contribution in [2.75, 3.05) is 13.6 Å². The van der Waals surface area contributed by atoms with Gasteiger partial charge in [-0.1, -0.05) is 0 Å². The summed E-state index contributed by atoms with van der Waals surface area (Å²) in [5.41, 5.74) is 1.94. The second-order valence-electron chi connectivity index (χ2n) is 9.57. The van der Waals surface area contributed by atoms with E-state index in [0.29, 0.717) is 24.9 Å². The molecule has 0 aromatic carbocycles. The summed E-state index contributed by atoms with van der Waals surface area (Å²) in [5, 5.41) is 13.9. The molecule has 1 fully saturated rings. The lowest BCUT2D eigenvalue weighted by molar-refractivity contribution is -0.120. The highest BCUT2D eigenvalue weighted by Crippen LogP contribution is 2.37. The van der Waals surface area contributed by atoms with Crippen LogP contribution in [-0.2, 0) is 11.2 Å². The van der Waals surface area contributed by atoms with E-state index in [-0.39, 0.29) is 12.3 Å². The Morgan fingerprint density at radius 1 is 1.38 bits per heavy atom. The molecule has 1 amide bonds. The summed E-state index contributed by atoms with van der Waals surface area (Å²) in [7, 11) is 1.83. The number of hydrogen-bond donors (Lipinski definition) is 3. The molecule has 0 radical (unpaired) electrons. The Morgan fingerprint density at radius 3 is 2.88 bits per heavy atom. The van der Waals surface area contributed by atoms with E-state index >= 15 is 0 Å². The lowest BCUT2D eigenvalue weighted by Gasteiger charge is -2.30. The molecule has 32 heavy (non-hydrogen) atoms. The van der Waals surface area contributed by atoms with Gasteiger partial charge in [-0.15, -0.1) is 0 Å². The number of amides is 1. The molecule has 0 bridgehead atoms. The maximum atomic E-state index is 12.7. The fraction of sp³-hybridized carbons (Fsp3) is 0.583. The van der Waals surface area contributed by atoms with Gasteiger partial charge in [0.15, 0.2) is 0 Å². The van der Waals surface area contributed by atoms with E-state index in [4.69, 9.17) is 4.98 Å². The molecule has 8 nitrogen and oxygen atoms in total. The fourth-order valence-corrected chi connectivity index (χ4v) is 4.77. The molecule has 1 saturated carbocycles. The Morgan fingerprint density at radius 2 is 2.16 bits per heavy atom. The van der Waals surface area contributed by atoms with Crippen LogP contribution in [0, 0.1) is 5.92 Å². The number of H-pyrrole nitrogens is 1. The number of aromatic amines is 1. The van der Waals surface area contributed by atoms with Gasteiger partial charge in [0.05, 0.1) is 23.7 Å². The highest BCUT2D eigenvalue weighted by atomic mass is 16.3. The number of nitrogens with zero attached hydrogens (tertiary/aromatic N) is 4. The van der Waals surface area contributed by atoms with Crippen LogP contribution >= 0.6 is 0 Å². The molecular weight excluding hydrogens is 404 g/mol. The third-order valence-electron chi connectivity index (χ3n) is 6.49. The quantitative estimate of drug-likeness (QED) is 0.467. The molecule has 1 aliphatic carbocycles. The van der Waals surface area contributed by atoms with Crippen molar-refractivity contribution in [3.8, 4) is 0 Å². The molecule has 172 valence electrons. The minimum absolute atomic E-state index is 0.0723. The van der Waals surface area contributed by atoms with Crippen LogP contribution in [-0.4, -0.2) is 55.9 Å². The first kappa shape index (κ1) is 22.5. The van der Waals surface area contributed by atoms with Gasteiger partial charge in [-0.05, 0) is 70.6 Å². The molecule has 1 aliphatic rings. The summed E-state index contributed by atoms with van der Waals surface area (Å²) >= 11 is 0. The van der Waals surface area contributed by atoms with Crippen LogP contribution in [0.1, 0.15) is 64.2 Å². The molecule has 0 atom stereocenters. The molecule has 3 aromatic heterocycles. The number of aliphatic hydroxyl groups is 1. The zero-order valence-electron chi connectivity index (χ0n) is 19.3. The van der Waals surface area contributed by atoms with Gasteiger partial charge in [-0.3, -0.25) is 4.79 Å². The van der Waals surface area contributed by atoms with Crippen molar-refractivity contribution in [1.82, 2.24) is 24.8 Å². The smallest absolute Gasteiger partial charge is 0.227 e. The minimum atomic E-state index is -0.799. The Labute approximate surface area is 188 Å². The van der Waals surface area contributed by atoms with Crippen LogP contribution in [0.15, 0.2) is 23.5 Å². The molecule has 0 saturated heterocycles. The monoisotopic (exact) mass is 438 g/mol. The molecule has 0 unspecified atom stereocenters. The molecule has 8 heteroatoms. The lowest BCUT2D eigenvalue weighted by atomic mass is 9.84. The van der Waals surface area contributed by atoms with Crippen molar-refractivity contribution in [2.45, 2.75) is 70.4 Å². The van der Waals surface area contributed by atoms with Crippen LogP contribution in [0.3, 0.4) is 0 Å². The standard InChI is InChI=1S/C24H34N6O2/c1-24(2,32)10-13-26-21(31)14-20-29-19-15-28-23-18(9-12-27-23)22(19)30(20)17-6-4-16(5-7-17)8-11-25-3/h9,11-12,15-17,32H,4-8,10,13-14H2,1-3H3,(H,26,31)(H,27,28). The normalized spacial score (nSPS) is 19.9. The van der Waals surface area contributed by atoms with E-state index in [1.807, 2.05) is 25.5 Å². The van der Waals surface area contributed by atoms with Gasteiger partial charge in [-0.2, -0.15) is 0 Å². The number of carbonyl (C=O) groups excluding carboxylic acids is 1. The first-order chi connectivity index (χ1) is 15.4. The van der Waals surface area contributed by atoms with Gasteiger partial charge in [-0.25, -0.2) is 9.97 Å². The molecule has 0 aliphatic heterocycles. The van der Waals surface area contributed by atoms with E-state index in [0.717, 1.165) is 60.0 Å². The fourth-order valence-electron chi connectivity index (χ4n) is 4.77. The Hall–Kier alpha value is -2.74. The summed E-state index contributed by atoms with van der Waals surface area (Å²) in [6, 6.07) is 2.36. The largest absolute Gasteiger partial charge is 0.390 e. The summed E-state index contributed by atoms with van der Waals surface area (Å²) < 4.78 is 2.30. The van der Waals surface area contributed by atoms with Crippen molar-refractivity contribution < 1.29 is 9.90 Å². The maximum absolute atomic E-state index is 12.7. The van der Waals surface area contributed by atoms with Crippen LogP contribution in [0.4, 0.5) is 0 Å². The van der Waals surface area contributed by atoms with Crippen LogP contribution in [0.5, 0.6) is 0 Å². The first-order valence-corrected chi connectivity index (χ1v) is 11.6. The molecule has 3 aromatic rings. The number of aliphatic imine (C=N–C) groups is 1. The van der Waals surface area contributed by atoms with E-state index in [1.54, 1.807) is 20.0 Å². The summed E-state index contributed by atoms with van der Waals surface area (Å²) in [4.78, 5) is 29.4. The summed E-state index contributed by atoms with van der Waals surface area (Å²) in [5.74, 6) is 1.39. The van der Waals surface area contributed by atoms with Crippen molar-refractivity contribution in [3.05, 3.63) is 24.3 Å². The van der Waals surface area contributed by atoms with E-state index < -0.39 is 5.60 Å². The topological polar surface area (TPSA) is 108 Å². The van der Waals surface area contributed by atoms with Crippen molar-refractivity contribution in [1.29, 1.82) is 0 Å². The average molecular weight is 439 g/mol. The summed E-state index contributed by atoms with van der Waals surface area (Å²) in [6.07, 6.45) is 11.9. The number of rotatable bonds is 8. The van der Waals surface area contributed by atoms with E-state index in [2.05, 4.69) is 24.8 Å². The molecule has 0 spiro atoms. The van der Waals surface area contributed by atoms with Gasteiger partial charge < -0.3 is 25.0 Å². The number of hydrogen-bond acceptors (Lipinski definition) is 5. The van der Waals surface area contributed by atoms with Crippen LogP contribution < -0.4 is 5.32 Å². The predicted octanol–water partition coefficient (Wildman–Crippen LogP) is 3.55. The van der Waals surface area contributed by atoms with Gasteiger partial charge in [0, 0.05) is 31.2 Å². The van der Waals surface area contributed by atoms with Gasteiger partial charge >= 0.3 is 0 Å². The number of fused-ring (bicyclic) bond motifs is 3. The Bertz CT molecular complexity index is 1100. The van der Waals surface area contributed by atoms with Crippen molar-refractivity contribution in [2.24, 2.45) is 10.9 Å². The molecule has 4 rings (SSSR count). The second-order valence-corrected chi connectivity index (χ2v) is 9.57. The number of aromatic nitrogens is 4. The van der Waals surface area contributed by atoms with Gasteiger partial charge in [0.2, 0.25) is 5.91 Å². The SMILES string of the molecule is CN=CCC1CCC(n2c(CC(=O)NCCC(C)(C)O)nc3cnc4[nH]ccc4c32)CC1. The first-order valence-electron chi connectivity index (χ1n) is 11.6. The number of carbonyl (C=O) groups is 1. The number of imidazole rings is 1. The molecular formula is C24H34N6O2. The zero-order chi connectivity index (χ0) is 22.7. The van der Waals surface area contributed by atoms with E-state index in [9.17, 15) is 9.90 Å². The molecule has 3 N–H and O–H groups in total. The summed E-state index contributed by atoms with van der Waals surface area (Å²) in [6.45, 7) is 3.93.